The monoisotopic (exact) mass is 811 g/mol. The van der Waals surface area contributed by atoms with E-state index in [4.69, 9.17) is 14.4 Å². The van der Waals surface area contributed by atoms with Crippen molar-refractivity contribution in [2.24, 2.45) is 9.98 Å². The summed E-state index contributed by atoms with van der Waals surface area (Å²) in [5.74, 6) is 1.61. The molecule has 1 aliphatic carbocycles. The number of furan rings is 1. The summed E-state index contributed by atoms with van der Waals surface area (Å²) in [6, 6.07) is 43.7. The Hall–Kier alpha value is -6.46. The number of anilines is 1. The molecule has 1 N–H and O–H groups in total. The molecule has 0 radical (unpaired) electrons. The number of hydrogen-bond donors (Lipinski definition) is 1. The molecule has 0 saturated heterocycles. The van der Waals surface area contributed by atoms with E-state index in [0.29, 0.717) is 0 Å². The summed E-state index contributed by atoms with van der Waals surface area (Å²) < 4.78 is 5.78. The molecule has 0 fully saturated rings. The number of rotatable bonds is 2. The number of para-hydroxylation sites is 3. The maximum absolute atomic E-state index is 5.78. The third-order valence-corrected chi connectivity index (χ3v) is 10.1. The predicted molar refractivity (Wildman–Crippen MR) is 267 cm³/mol. The molecule has 1 unspecified atom stereocenters. The van der Waals surface area contributed by atoms with Gasteiger partial charge in [0.15, 0.2) is 5.66 Å². The Kier molecular flexibility index (Phi) is 18.5. The molecular weight excluding hydrogens is 745 g/mol. The number of guanidine groups is 1. The third kappa shape index (κ3) is 12.1. The van der Waals surface area contributed by atoms with E-state index in [0.717, 1.165) is 52.6 Å². The van der Waals surface area contributed by atoms with E-state index in [9.17, 15) is 0 Å². The molecule has 0 spiro atoms. The molecule has 61 heavy (non-hydrogen) atoms. The Morgan fingerprint density at radius 3 is 1.89 bits per heavy atom. The first-order valence-electron chi connectivity index (χ1n) is 21.8. The van der Waals surface area contributed by atoms with Crippen molar-refractivity contribution in [2.75, 3.05) is 4.90 Å². The molecule has 2 bridgehead atoms. The van der Waals surface area contributed by atoms with Gasteiger partial charge in [0.1, 0.15) is 17.0 Å². The fraction of sp³-hybridized carbons (Fsp3) is 0.250. The Morgan fingerprint density at radius 2 is 1.21 bits per heavy atom. The van der Waals surface area contributed by atoms with Crippen molar-refractivity contribution in [3.05, 3.63) is 209 Å². The number of aryl methyl sites for hydroxylation is 1. The maximum atomic E-state index is 5.78. The van der Waals surface area contributed by atoms with E-state index in [-0.39, 0.29) is 0 Å². The van der Waals surface area contributed by atoms with Gasteiger partial charge >= 0.3 is 0 Å². The van der Waals surface area contributed by atoms with E-state index in [2.05, 4.69) is 134 Å². The minimum atomic E-state index is -0.761. The van der Waals surface area contributed by atoms with Crippen molar-refractivity contribution in [1.29, 1.82) is 0 Å². The van der Waals surface area contributed by atoms with Gasteiger partial charge < -0.3 is 9.73 Å². The van der Waals surface area contributed by atoms with Gasteiger partial charge in [0.25, 0.3) is 0 Å². The van der Waals surface area contributed by atoms with Crippen LogP contribution in [0, 0.1) is 6.92 Å². The molecule has 5 aromatic carbocycles. The van der Waals surface area contributed by atoms with Crippen molar-refractivity contribution in [3.63, 3.8) is 0 Å². The number of fused-ring (bicyclic) bond motifs is 6. The smallest absolute Gasteiger partial charge is 0.211 e. The first-order valence-corrected chi connectivity index (χ1v) is 21.8. The minimum Gasteiger partial charge on any atom is -0.456 e. The van der Waals surface area contributed by atoms with Gasteiger partial charge in [0, 0.05) is 34.0 Å². The first-order chi connectivity index (χ1) is 29.8. The number of nitrogens with one attached hydrogen (secondary N) is 1. The van der Waals surface area contributed by atoms with Crippen LogP contribution in [0.1, 0.15) is 97.9 Å². The lowest BCUT2D eigenvalue weighted by atomic mass is 10.0. The normalized spacial score (nSPS) is 16.2. The predicted octanol–water partition coefficient (Wildman–Crippen LogP) is 15.6. The topological polar surface area (TPSA) is 53.1 Å². The molecule has 6 aromatic rings. The van der Waals surface area contributed by atoms with E-state index >= 15 is 0 Å². The van der Waals surface area contributed by atoms with Crippen LogP contribution in [0.3, 0.4) is 0 Å². The molecule has 1 atom stereocenters. The largest absolute Gasteiger partial charge is 0.456 e. The highest BCUT2D eigenvalue weighted by molar-refractivity contribution is 6.16. The zero-order chi connectivity index (χ0) is 44.2. The van der Waals surface area contributed by atoms with Crippen molar-refractivity contribution in [3.8, 4) is 0 Å². The van der Waals surface area contributed by atoms with Crippen LogP contribution in [-0.2, 0) is 12.1 Å². The standard InChI is InChI=1S/C31H28N4.C13H10O.2C4H8.2C2H6/c1-22-17-18-23-20-25-13-9-10-16-28(25)35(27(19-22)21-23)30-32-29(24-11-5-3-6-12-24)33-31(2,34-30)26-14-7-4-8-15-26;1-9-5-4-7-11-10-6-2-3-8-12(10)14-13(9)11;2*1-3-4-2;2*1-2/h3-19H,20-21H2,1-2H3,(H,32,33,34);2-8H,1H3;2*3-4H,1-2H3;2*1-2H3/b;;2*4-3-;;. The van der Waals surface area contributed by atoms with Crippen molar-refractivity contribution in [1.82, 2.24) is 5.32 Å². The van der Waals surface area contributed by atoms with Gasteiger partial charge in [-0.3, -0.25) is 4.90 Å². The van der Waals surface area contributed by atoms with Crippen LogP contribution in [0.5, 0.6) is 0 Å². The van der Waals surface area contributed by atoms with Crippen LogP contribution in [0.2, 0.25) is 0 Å². The van der Waals surface area contributed by atoms with Gasteiger partial charge in [-0.2, -0.15) is 0 Å². The summed E-state index contributed by atoms with van der Waals surface area (Å²) >= 11 is 0. The van der Waals surface area contributed by atoms with E-state index in [1.807, 2.05) is 122 Å². The fourth-order valence-corrected chi connectivity index (χ4v) is 6.92. The lowest BCUT2D eigenvalue weighted by Gasteiger charge is -2.36. The number of benzene rings is 5. The highest BCUT2D eigenvalue weighted by Gasteiger charge is 2.35. The summed E-state index contributed by atoms with van der Waals surface area (Å²) in [6.07, 6.45) is 16.6. The molecule has 1 aromatic heterocycles. The summed E-state index contributed by atoms with van der Waals surface area (Å²) in [7, 11) is 0. The van der Waals surface area contributed by atoms with Gasteiger partial charge in [-0.15, -0.1) is 0 Å². The molecule has 0 saturated carbocycles. The SMILES string of the molecule is C/C=C\C.C/C=C\C.CC.CC.CC1=CC=C2CC(=C1)N(C1=NC(C)(c3ccccc3)N=C(c3ccccc3)N1)c1ccccc1C2.Cc1cccc2c1oc1ccccc12. The van der Waals surface area contributed by atoms with E-state index in [1.54, 1.807) is 0 Å². The number of nitrogens with zero attached hydrogens (tertiary/aromatic N) is 3. The zero-order valence-electron chi connectivity index (χ0n) is 38.3. The Balaban J connectivity index is 0.000000258. The summed E-state index contributed by atoms with van der Waals surface area (Å²) in [6.45, 7) is 22.3. The Bertz CT molecular complexity index is 2500. The molecule has 0 amide bonds. The second kappa shape index (κ2) is 24.0. The second-order valence-corrected chi connectivity index (χ2v) is 14.3. The van der Waals surface area contributed by atoms with Crippen molar-refractivity contribution < 1.29 is 4.42 Å². The molecule has 316 valence electrons. The molecule has 3 aliphatic rings. The fourth-order valence-electron chi connectivity index (χ4n) is 6.92. The van der Waals surface area contributed by atoms with Crippen LogP contribution in [-0.4, -0.2) is 11.8 Å². The zero-order valence-corrected chi connectivity index (χ0v) is 38.3. The summed E-state index contributed by atoms with van der Waals surface area (Å²) in [5, 5.41) is 6.03. The molecule has 5 heteroatoms. The Morgan fingerprint density at radius 1 is 0.623 bits per heavy atom. The molecular formula is C56H66N4O. The lowest BCUT2D eigenvalue weighted by Crippen LogP contribution is -2.49. The molecule has 3 heterocycles. The quantitative estimate of drug-likeness (QED) is 0.177. The average molecular weight is 811 g/mol. The van der Waals surface area contributed by atoms with Crippen LogP contribution < -0.4 is 10.2 Å². The van der Waals surface area contributed by atoms with Crippen LogP contribution in [0.15, 0.2) is 201 Å². The molecule has 5 nitrogen and oxygen atoms in total. The average Bonchev–Trinajstić information content (AvgIpc) is 3.51. The summed E-state index contributed by atoms with van der Waals surface area (Å²) in [4.78, 5) is 12.7. The van der Waals surface area contributed by atoms with Gasteiger partial charge in [0.2, 0.25) is 5.96 Å². The highest BCUT2D eigenvalue weighted by Crippen LogP contribution is 2.38. The molecule has 2 aliphatic heterocycles. The second-order valence-electron chi connectivity index (χ2n) is 14.3. The van der Waals surface area contributed by atoms with Crippen molar-refractivity contribution >= 4 is 39.4 Å². The van der Waals surface area contributed by atoms with Gasteiger partial charge in [-0.25, -0.2) is 9.98 Å². The van der Waals surface area contributed by atoms with Crippen LogP contribution in [0.25, 0.3) is 21.9 Å². The number of hydrogen-bond acceptors (Lipinski definition) is 5. The van der Waals surface area contributed by atoms with E-state index in [1.165, 1.54) is 38.7 Å². The first kappa shape index (κ1) is 47.2. The third-order valence-electron chi connectivity index (χ3n) is 10.1. The Labute approximate surface area is 366 Å². The number of amidine groups is 1. The highest BCUT2D eigenvalue weighted by atomic mass is 16.3. The van der Waals surface area contributed by atoms with E-state index < -0.39 is 5.66 Å². The maximum Gasteiger partial charge on any atom is 0.211 e. The van der Waals surface area contributed by atoms with Crippen LogP contribution >= 0.6 is 0 Å². The van der Waals surface area contributed by atoms with Crippen molar-refractivity contribution in [2.45, 2.75) is 94.7 Å². The summed E-state index contributed by atoms with van der Waals surface area (Å²) in [5.41, 5.74) is 10.8. The van der Waals surface area contributed by atoms with Gasteiger partial charge in [-0.05, 0) is 89.8 Å². The molecule has 9 rings (SSSR count). The van der Waals surface area contributed by atoms with Gasteiger partial charge in [-0.1, -0.05) is 185 Å². The minimum absolute atomic E-state index is 0.761. The van der Waals surface area contributed by atoms with Gasteiger partial charge in [0.05, 0.1) is 5.69 Å². The number of allylic oxidation sites excluding steroid dienone is 9. The lowest BCUT2D eigenvalue weighted by molar-refractivity contribution is 0.516. The van der Waals surface area contributed by atoms with Crippen LogP contribution in [0.4, 0.5) is 5.69 Å². The number of aliphatic imine (C=N–C) groups is 2.